The number of hydrogen-bond acceptors (Lipinski definition) is 3. The first kappa shape index (κ1) is 14.9. The van der Waals surface area contributed by atoms with Gasteiger partial charge < -0.3 is 4.74 Å². The first-order chi connectivity index (χ1) is 9.58. The van der Waals surface area contributed by atoms with Crippen LogP contribution in [0, 0.1) is 20.8 Å². The van der Waals surface area contributed by atoms with Gasteiger partial charge in [-0.3, -0.25) is 4.79 Å². The molecular weight excluding hydrogens is 268 g/mol. The number of ether oxygens (including phenoxy) is 1. The number of hydrogen-bond donors (Lipinski definition) is 0. The maximum Gasteiger partial charge on any atom is 0.188 e. The normalized spacial score (nSPS) is 10.8. The number of carbonyl (C=O) groups excluding carboxylic acids is 1. The molecule has 0 aliphatic rings. The first-order valence-corrected chi connectivity index (χ1v) is 7.67. The fourth-order valence-corrected chi connectivity index (χ4v) is 2.82. The highest BCUT2D eigenvalue weighted by Gasteiger charge is 2.10. The Hall–Kier alpha value is -1.45. The average molecular weight is 288 g/mol. The number of aryl methyl sites for hydroxylation is 3. The van der Waals surface area contributed by atoms with E-state index in [1.54, 1.807) is 11.3 Å². The predicted molar refractivity (Wildman–Crippen MR) is 83.8 cm³/mol. The molecular formula is C17H20O2S. The van der Waals surface area contributed by atoms with E-state index in [-0.39, 0.29) is 12.4 Å². The van der Waals surface area contributed by atoms with E-state index in [9.17, 15) is 4.79 Å². The highest BCUT2D eigenvalue weighted by molar-refractivity contribution is 7.09. The molecule has 0 unspecified atom stereocenters. The highest BCUT2D eigenvalue weighted by Crippen LogP contribution is 2.16. The minimum atomic E-state index is 0.0665. The third kappa shape index (κ3) is 3.78. The van der Waals surface area contributed by atoms with Gasteiger partial charge in [-0.1, -0.05) is 12.1 Å². The summed E-state index contributed by atoms with van der Waals surface area (Å²) >= 11 is 1.72. The van der Waals surface area contributed by atoms with Crippen LogP contribution in [0.3, 0.4) is 0 Å². The third-order valence-corrected chi connectivity index (χ3v) is 4.38. The number of benzene rings is 1. The molecule has 0 aliphatic heterocycles. The van der Waals surface area contributed by atoms with E-state index in [0.717, 1.165) is 23.1 Å². The summed E-state index contributed by atoms with van der Waals surface area (Å²) in [6.45, 7) is 6.83. The van der Waals surface area contributed by atoms with Crippen molar-refractivity contribution >= 4 is 17.1 Å². The van der Waals surface area contributed by atoms with Crippen LogP contribution in [0.1, 0.15) is 31.9 Å². The summed E-state index contributed by atoms with van der Waals surface area (Å²) < 4.78 is 5.51. The summed E-state index contributed by atoms with van der Waals surface area (Å²) in [5.41, 5.74) is 4.18. The second-order valence-corrected chi connectivity index (χ2v) is 6.09. The summed E-state index contributed by atoms with van der Waals surface area (Å²) in [7, 11) is 0. The molecule has 0 bridgehead atoms. The van der Waals surface area contributed by atoms with Gasteiger partial charge in [-0.2, -0.15) is 0 Å². The standard InChI is InChI=1S/C17H20O2S/c1-12-9-14(3)16(10-13(12)2)17(18)11-19-7-6-15-5-4-8-20-15/h4-5,8-10H,6-7,11H2,1-3H3. The molecule has 0 saturated heterocycles. The zero-order chi connectivity index (χ0) is 14.5. The van der Waals surface area contributed by atoms with Gasteiger partial charge in [0.15, 0.2) is 5.78 Å². The van der Waals surface area contributed by atoms with Crippen LogP contribution < -0.4 is 0 Å². The molecule has 106 valence electrons. The molecule has 0 atom stereocenters. The van der Waals surface area contributed by atoms with Gasteiger partial charge in [-0.05, 0) is 55.0 Å². The fourth-order valence-electron chi connectivity index (χ4n) is 2.13. The van der Waals surface area contributed by atoms with E-state index >= 15 is 0 Å². The summed E-state index contributed by atoms with van der Waals surface area (Å²) in [6.07, 6.45) is 0.872. The molecule has 2 aromatic rings. The maximum absolute atomic E-state index is 12.2. The zero-order valence-corrected chi connectivity index (χ0v) is 13.0. The van der Waals surface area contributed by atoms with Crippen LogP contribution >= 0.6 is 11.3 Å². The van der Waals surface area contributed by atoms with Gasteiger partial charge in [0.25, 0.3) is 0 Å². The molecule has 2 rings (SSSR count). The third-order valence-electron chi connectivity index (χ3n) is 3.45. The van der Waals surface area contributed by atoms with Crippen molar-refractivity contribution in [2.75, 3.05) is 13.2 Å². The number of thiophene rings is 1. The summed E-state index contributed by atoms with van der Waals surface area (Å²) in [5.74, 6) is 0.0665. The van der Waals surface area contributed by atoms with Gasteiger partial charge in [0.1, 0.15) is 6.61 Å². The van der Waals surface area contributed by atoms with Crippen molar-refractivity contribution in [1.29, 1.82) is 0 Å². The number of ketones is 1. The van der Waals surface area contributed by atoms with E-state index in [2.05, 4.69) is 24.4 Å². The number of carbonyl (C=O) groups is 1. The molecule has 0 amide bonds. The van der Waals surface area contributed by atoms with Crippen LogP contribution in [-0.2, 0) is 11.2 Å². The lowest BCUT2D eigenvalue weighted by Crippen LogP contribution is -2.12. The van der Waals surface area contributed by atoms with E-state index in [4.69, 9.17) is 4.74 Å². The molecule has 0 spiro atoms. The molecule has 1 heterocycles. The van der Waals surface area contributed by atoms with Crippen molar-refractivity contribution in [3.63, 3.8) is 0 Å². The fraction of sp³-hybridized carbons (Fsp3) is 0.353. The van der Waals surface area contributed by atoms with Gasteiger partial charge in [-0.25, -0.2) is 0 Å². The van der Waals surface area contributed by atoms with Gasteiger partial charge in [0.05, 0.1) is 6.61 Å². The van der Waals surface area contributed by atoms with Crippen LogP contribution in [0.5, 0.6) is 0 Å². The molecule has 0 aliphatic carbocycles. The molecule has 0 radical (unpaired) electrons. The second kappa shape index (κ2) is 6.82. The average Bonchev–Trinajstić information content (AvgIpc) is 2.92. The van der Waals surface area contributed by atoms with Crippen LogP contribution in [-0.4, -0.2) is 19.0 Å². The highest BCUT2D eigenvalue weighted by atomic mass is 32.1. The maximum atomic E-state index is 12.2. The topological polar surface area (TPSA) is 26.3 Å². The van der Waals surface area contributed by atoms with Gasteiger partial charge in [0.2, 0.25) is 0 Å². The lowest BCUT2D eigenvalue weighted by atomic mass is 9.98. The Bertz CT molecular complexity index is 585. The smallest absolute Gasteiger partial charge is 0.188 e. The molecule has 1 aromatic carbocycles. The van der Waals surface area contributed by atoms with Crippen molar-refractivity contribution in [2.45, 2.75) is 27.2 Å². The van der Waals surface area contributed by atoms with Gasteiger partial charge in [0, 0.05) is 16.9 Å². The zero-order valence-electron chi connectivity index (χ0n) is 12.2. The Morgan fingerprint density at radius 3 is 2.60 bits per heavy atom. The number of rotatable bonds is 6. The lowest BCUT2D eigenvalue weighted by molar-refractivity contribution is 0.0765. The van der Waals surface area contributed by atoms with Crippen LogP contribution in [0.4, 0.5) is 0 Å². The van der Waals surface area contributed by atoms with E-state index in [1.807, 2.05) is 26.0 Å². The van der Waals surface area contributed by atoms with Crippen molar-refractivity contribution in [3.8, 4) is 0 Å². The number of Topliss-reactive ketones (excluding diaryl/α,β-unsaturated/α-hetero) is 1. The van der Waals surface area contributed by atoms with Crippen molar-refractivity contribution < 1.29 is 9.53 Å². The van der Waals surface area contributed by atoms with Crippen molar-refractivity contribution in [2.24, 2.45) is 0 Å². The quantitative estimate of drug-likeness (QED) is 0.590. The Morgan fingerprint density at radius 1 is 1.15 bits per heavy atom. The first-order valence-electron chi connectivity index (χ1n) is 6.79. The predicted octanol–water partition coefficient (Wildman–Crippen LogP) is 4.12. The van der Waals surface area contributed by atoms with Gasteiger partial charge >= 0.3 is 0 Å². The Kier molecular flexibility index (Phi) is 5.10. The molecule has 2 nitrogen and oxygen atoms in total. The minimum Gasteiger partial charge on any atom is -0.373 e. The Morgan fingerprint density at radius 2 is 1.90 bits per heavy atom. The molecule has 3 heteroatoms. The molecule has 0 fully saturated rings. The van der Waals surface area contributed by atoms with E-state index in [1.165, 1.54) is 10.4 Å². The van der Waals surface area contributed by atoms with Gasteiger partial charge in [-0.15, -0.1) is 11.3 Å². The summed E-state index contributed by atoms with van der Waals surface area (Å²) in [5, 5.41) is 2.05. The minimum absolute atomic E-state index is 0.0665. The lowest BCUT2D eigenvalue weighted by Gasteiger charge is -2.09. The van der Waals surface area contributed by atoms with E-state index in [0.29, 0.717) is 6.61 Å². The van der Waals surface area contributed by atoms with E-state index < -0.39 is 0 Å². The Labute approximate surface area is 124 Å². The van der Waals surface area contributed by atoms with Crippen molar-refractivity contribution in [3.05, 3.63) is 56.8 Å². The molecule has 20 heavy (non-hydrogen) atoms. The van der Waals surface area contributed by atoms with Crippen LogP contribution in [0.15, 0.2) is 29.6 Å². The SMILES string of the molecule is Cc1cc(C)c(C(=O)COCCc2cccs2)cc1C. The Balaban J connectivity index is 1.87. The second-order valence-electron chi connectivity index (χ2n) is 5.06. The van der Waals surface area contributed by atoms with Crippen LogP contribution in [0.25, 0.3) is 0 Å². The summed E-state index contributed by atoms with van der Waals surface area (Å²) in [6, 6.07) is 8.15. The molecule has 0 N–H and O–H groups in total. The molecule has 1 aromatic heterocycles. The molecule has 0 saturated carbocycles. The largest absolute Gasteiger partial charge is 0.373 e. The monoisotopic (exact) mass is 288 g/mol. The van der Waals surface area contributed by atoms with Crippen molar-refractivity contribution in [1.82, 2.24) is 0 Å². The summed E-state index contributed by atoms with van der Waals surface area (Å²) in [4.78, 5) is 13.5. The van der Waals surface area contributed by atoms with Crippen LogP contribution in [0.2, 0.25) is 0 Å².